The van der Waals surface area contributed by atoms with Gasteiger partial charge >= 0.3 is 5.97 Å². The lowest BCUT2D eigenvalue weighted by molar-refractivity contribution is -0.384. The molecular formula is C31H23N3O8. The summed E-state index contributed by atoms with van der Waals surface area (Å²) in [7, 11) is 1.43. The Labute approximate surface area is 239 Å². The molecule has 4 aromatic rings. The van der Waals surface area contributed by atoms with Gasteiger partial charge in [0.1, 0.15) is 5.92 Å². The molecule has 3 atom stereocenters. The normalized spacial score (nSPS) is 19.5. The molecule has 2 fully saturated rings. The van der Waals surface area contributed by atoms with Crippen LogP contribution in [0.1, 0.15) is 22.0 Å². The molecule has 0 radical (unpaired) electrons. The second-order valence-corrected chi connectivity index (χ2v) is 9.61. The Morgan fingerprint density at radius 1 is 0.833 bits per heavy atom. The van der Waals surface area contributed by atoms with Crippen LogP contribution in [0.15, 0.2) is 103 Å². The number of nitro groups is 1. The van der Waals surface area contributed by atoms with Gasteiger partial charge in [-0.2, -0.15) is 0 Å². The third-order valence-corrected chi connectivity index (χ3v) is 7.19. The minimum absolute atomic E-state index is 0.164. The number of amides is 2. The van der Waals surface area contributed by atoms with Crippen LogP contribution >= 0.6 is 0 Å². The summed E-state index contributed by atoms with van der Waals surface area (Å²) in [5.41, 5.74) is 1.61. The number of ether oxygens (including phenoxy) is 2. The van der Waals surface area contributed by atoms with Gasteiger partial charge in [-0.25, -0.2) is 14.8 Å². The second-order valence-electron chi connectivity index (χ2n) is 9.61. The molecule has 0 aliphatic carbocycles. The zero-order valence-electron chi connectivity index (χ0n) is 22.2. The molecule has 0 bridgehead atoms. The maximum Gasteiger partial charge on any atom is 0.343 e. The minimum atomic E-state index is -1.14. The van der Waals surface area contributed by atoms with Crippen molar-refractivity contribution < 1.29 is 33.6 Å². The van der Waals surface area contributed by atoms with Crippen LogP contribution in [0.5, 0.6) is 11.5 Å². The van der Waals surface area contributed by atoms with Crippen LogP contribution in [0.3, 0.4) is 0 Å². The van der Waals surface area contributed by atoms with Crippen LogP contribution in [-0.2, 0) is 14.4 Å². The zero-order valence-corrected chi connectivity index (χ0v) is 22.2. The summed E-state index contributed by atoms with van der Waals surface area (Å²) in [6, 6.07) is 26.9. The molecule has 2 amide bonds. The van der Waals surface area contributed by atoms with Gasteiger partial charge in [0.25, 0.3) is 11.6 Å². The first-order valence-electron chi connectivity index (χ1n) is 13.0. The number of benzene rings is 4. The highest BCUT2D eigenvalue weighted by Gasteiger charge is 2.60. The maximum atomic E-state index is 13.9. The first-order valence-corrected chi connectivity index (χ1v) is 13.0. The van der Waals surface area contributed by atoms with Gasteiger partial charge in [-0.15, -0.1) is 0 Å². The molecule has 210 valence electrons. The molecule has 42 heavy (non-hydrogen) atoms. The lowest BCUT2D eigenvalue weighted by atomic mass is 9.90. The molecule has 6 rings (SSSR count). The van der Waals surface area contributed by atoms with E-state index in [1.165, 1.54) is 36.4 Å². The molecule has 11 heteroatoms. The number of carbonyl (C=O) groups excluding carboxylic acids is 3. The maximum absolute atomic E-state index is 13.9. The summed E-state index contributed by atoms with van der Waals surface area (Å²) in [4.78, 5) is 57.8. The number of anilines is 2. The fourth-order valence-electron chi connectivity index (χ4n) is 5.22. The van der Waals surface area contributed by atoms with E-state index in [2.05, 4.69) is 0 Å². The number of rotatable bonds is 7. The molecule has 2 saturated heterocycles. The van der Waals surface area contributed by atoms with Gasteiger partial charge in [-0.3, -0.25) is 24.5 Å². The summed E-state index contributed by atoms with van der Waals surface area (Å²) >= 11 is 0. The van der Waals surface area contributed by atoms with E-state index >= 15 is 0 Å². The number of hydrogen-bond acceptors (Lipinski definition) is 9. The molecule has 11 nitrogen and oxygen atoms in total. The molecule has 4 aromatic carbocycles. The lowest BCUT2D eigenvalue weighted by Crippen LogP contribution is -2.37. The topological polar surface area (TPSA) is 129 Å². The molecule has 0 spiro atoms. The number of nitro benzene ring substituents is 1. The highest BCUT2D eigenvalue weighted by atomic mass is 16.7. The largest absolute Gasteiger partial charge is 0.493 e. The van der Waals surface area contributed by atoms with Crippen molar-refractivity contribution in [2.24, 2.45) is 5.92 Å². The lowest BCUT2D eigenvalue weighted by Gasteiger charge is -2.29. The number of hydrogen-bond donors (Lipinski definition) is 0. The molecule has 2 aliphatic rings. The molecule has 0 N–H and O–H groups in total. The fraction of sp³-hybridized carbons (Fsp3) is 0.129. The van der Waals surface area contributed by atoms with Crippen LogP contribution < -0.4 is 19.4 Å². The van der Waals surface area contributed by atoms with E-state index in [-0.39, 0.29) is 22.9 Å². The van der Waals surface area contributed by atoms with Crippen LogP contribution in [0.4, 0.5) is 17.1 Å². The van der Waals surface area contributed by atoms with Crippen molar-refractivity contribution in [1.29, 1.82) is 0 Å². The first-order chi connectivity index (χ1) is 20.4. The van der Waals surface area contributed by atoms with Crippen LogP contribution in [-0.4, -0.2) is 35.9 Å². The van der Waals surface area contributed by atoms with E-state index in [0.717, 1.165) is 4.90 Å². The average Bonchev–Trinajstić information content (AvgIpc) is 3.53. The third kappa shape index (κ3) is 4.61. The van der Waals surface area contributed by atoms with Crippen LogP contribution in [0.25, 0.3) is 0 Å². The van der Waals surface area contributed by atoms with E-state index in [0.29, 0.717) is 16.8 Å². The van der Waals surface area contributed by atoms with E-state index in [1.54, 1.807) is 60.7 Å². The molecule has 0 saturated carbocycles. The Hall–Kier alpha value is -5.55. The van der Waals surface area contributed by atoms with Crippen molar-refractivity contribution in [2.75, 3.05) is 17.1 Å². The SMILES string of the molecule is COc1cc([C@H]2[C@@H]3C(=O)N(c4ccc([N+](=O)[O-])cc4)C(=O)[C@H]3ON2c2ccccc2)ccc1OC(=O)c1ccccc1. The number of fused-ring (bicyclic) bond motifs is 1. The van der Waals surface area contributed by atoms with Crippen LogP contribution in [0, 0.1) is 16.0 Å². The van der Waals surface area contributed by atoms with E-state index in [4.69, 9.17) is 14.3 Å². The van der Waals surface area contributed by atoms with Crippen molar-refractivity contribution in [1.82, 2.24) is 0 Å². The predicted octanol–water partition coefficient (Wildman–Crippen LogP) is 4.87. The summed E-state index contributed by atoms with van der Waals surface area (Å²) in [6.07, 6.45) is -1.14. The Kier molecular flexibility index (Phi) is 6.85. The highest BCUT2D eigenvalue weighted by molar-refractivity contribution is 6.24. The number of esters is 1. The number of imide groups is 1. The van der Waals surface area contributed by atoms with Crippen molar-refractivity contribution >= 4 is 34.8 Å². The summed E-state index contributed by atoms with van der Waals surface area (Å²) in [5, 5.41) is 12.6. The van der Waals surface area contributed by atoms with E-state index in [1.807, 2.05) is 18.2 Å². The molecular weight excluding hydrogens is 542 g/mol. The number of carbonyl (C=O) groups is 3. The number of non-ortho nitro benzene ring substituents is 1. The van der Waals surface area contributed by atoms with Crippen molar-refractivity contribution in [3.8, 4) is 11.5 Å². The Bertz CT molecular complexity index is 1680. The quantitative estimate of drug-likeness (QED) is 0.101. The monoisotopic (exact) mass is 565 g/mol. The Morgan fingerprint density at radius 3 is 2.14 bits per heavy atom. The van der Waals surface area contributed by atoms with Gasteiger partial charge in [-0.05, 0) is 54.1 Å². The summed E-state index contributed by atoms with van der Waals surface area (Å²) in [6.45, 7) is 0. The van der Waals surface area contributed by atoms with Gasteiger partial charge in [-0.1, -0.05) is 42.5 Å². The van der Waals surface area contributed by atoms with Gasteiger partial charge in [0.15, 0.2) is 17.6 Å². The van der Waals surface area contributed by atoms with Crippen molar-refractivity contribution in [3.63, 3.8) is 0 Å². The summed E-state index contributed by atoms with van der Waals surface area (Å²) in [5.74, 6) is -2.18. The van der Waals surface area contributed by atoms with Crippen LogP contribution in [0.2, 0.25) is 0 Å². The molecule has 2 heterocycles. The zero-order chi connectivity index (χ0) is 29.4. The molecule has 0 unspecified atom stereocenters. The Morgan fingerprint density at radius 2 is 1.50 bits per heavy atom. The van der Waals surface area contributed by atoms with Gasteiger partial charge < -0.3 is 9.47 Å². The molecule has 0 aromatic heterocycles. The first kappa shape index (κ1) is 26.7. The van der Waals surface area contributed by atoms with E-state index < -0.39 is 40.8 Å². The highest BCUT2D eigenvalue weighted by Crippen LogP contribution is 2.48. The number of methoxy groups -OCH3 is 1. The predicted molar refractivity (Wildman–Crippen MR) is 150 cm³/mol. The standard InChI is InChI=1S/C31H23N3O8/c1-40-25-18-20(12-17-24(25)41-31(37)19-8-4-2-5-9-19)27-26-28(42-33(27)22-10-6-3-7-11-22)30(36)32(29(26)35)21-13-15-23(16-14-21)34(38)39/h2-18,26-28H,1H3/t26-,27-,28-/m0/s1. The van der Waals surface area contributed by atoms with Gasteiger partial charge in [0, 0.05) is 12.1 Å². The van der Waals surface area contributed by atoms with Crippen molar-refractivity contribution in [3.05, 3.63) is 124 Å². The number of para-hydroxylation sites is 1. The smallest absolute Gasteiger partial charge is 0.343 e. The third-order valence-electron chi connectivity index (χ3n) is 7.19. The minimum Gasteiger partial charge on any atom is -0.493 e. The summed E-state index contributed by atoms with van der Waals surface area (Å²) < 4.78 is 11.1. The number of hydroxylamine groups is 1. The second kappa shape index (κ2) is 10.8. The van der Waals surface area contributed by atoms with Gasteiger partial charge in [0.2, 0.25) is 5.91 Å². The Balaban J connectivity index is 1.37. The fourth-order valence-corrected chi connectivity index (χ4v) is 5.22. The molecule has 2 aliphatic heterocycles. The van der Waals surface area contributed by atoms with Gasteiger partial charge in [0.05, 0.1) is 35.0 Å². The number of nitrogens with zero attached hydrogens (tertiary/aromatic N) is 3. The van der Waals surface area contributed by atoms with E-state index in [9.17, 15) is 24.5 Å². The van der Waals surface area contributed by atoms with Crippen molar-refractivity contribution in [2.45, 2.75) is 12.1 Å². The average molecular weight is 566 g/mol.